The average molecular weight is 390 g/mol. The number of hydrogen-bond donors (Lipinski definition) is 1. The van der Waals surface area contributed by atoms with Crippen molar-refractivity contribution in [1.82, 2.24) is 5.43 Å². The van der Waals surface area contributed by atoms with Gasteiger partial charge in [-0.15, -0.1) is 5.10 Å². The maximum absolute atomic E-state index is 11.6. The Bertz CT molecular complexity index is 1100. The molecule has 3 aromatic carbocycles. The van der Waals surface area contributed by atoms with Crippen LogP contribution in [0.1, 0.15) is 5.56 Å². The molecule has 0 unspecified atom stereocenters. The Morgan fingerprint density at radius 1 is 0.759 bits per heavy atom. The molecule has 0 bridgehead atoms. The molecule has 0 saturated heterocycles. The van der Waals surface area contributed by atoms with E-state index >= 15 is 0 Å². The molecular formula is C19H14N6O4. The van der Waals surface area contributed by atoms with E-state index in [1.54, 1.807) is 5.12 Å². The number of hydrogen-bond acceptors (Lipinski definition) is 8. The van der Waals surface area contributed by atoms with Gasteiger partial charge in [-0.2, -0.15) is 10.2 Å². The molecule has 0 aliphatic carbocycles. The molecule has 0 saturated carbocycles. The van der Waals surface area contributed by atoms with E-state index in [0.717, 1.165) is 11.8 Å². The number of nitro groups is 2. The molecule has 0 amide bonds. The second-order valence-corrected chi connectivity index (χ2v) is 6.02. The standard InChI is InChI=1S/C19H14N6O4/c26-24(27)17-13-7-12-16(18(17)25(28)29)19-20-22(14-8-3-1-4-9-14)23(21-19)15-10-5-2-6-11-15/h1-13H,(H,20,21). The molecule has 10 heteroatoms. The van der Waals surface area contributed by atoms with Crippen LogP contribution in [0.5, 0.6) is 0 Å². The van der Waals surface area contributed by atoms with Crippen LogP contribution < -0.4 is 15.7 Å². The van der Waals surface area contributed by atoms with Crippen molar-refractivity contribution in [2.75, 3.05) is 10.2 Å². The van der Waals surface area contributed by atoms with Gasteiger partial charge in [-0.05, 0) is 30.3 Å². The van der Waals surface area contributed by atoms with Crippen LogP contribution in [0, 0.1) is 20.2 Å². The van der Waals surface area contributed by atoms with Gasteiger partial charge in [0.1, 0.15) is 5.56 Å². The highest BCUT2D eigenvalue weighted by molar-refractivity contribution is 6.06. The Morgan fingerprint density at radius 2 is 1.38 bits per heavy atom. The molecule has 144 valence electrons. The summed E-state index contributed by atoms with van der Waals surface area (Å²) in [5.74, 6) is 0.119. The Hall–Kier alpha value is -4.47. The molecule has 4 rings (SSSR count). The first-order valence-electron chi connectivity index (χ1n) is 8.54. The summed E-state index contributed by atoms with van der Waals surface area (Å²) in [5.41, 5.74) is 3.24. The van der Waals surface area contributed by atoms with Crippen molar-refractivity contribution in [3.05, 3.63) is 105 Å². The second kappa shape index (κ2) is 7.27. The van der Waals surface area contributed by atoms with Gasteiger partial charge in [0.25, 0.3) is 0 Å². The third kappa shape index (κ3) is 3.30. The van der Waals surface area contributed by atoms with Gasteiger partial charge < -0.3 is 0 Å². The van der Waals surface area contributed by atoms with Gasteiger partial charge in [0, 0.05) is 6.07 Å². The van der Waals surface area contributed by atoms with Gasteiger partial charge in [0.2, 0.25) is 0 Å². The lowest BCUT2D eigenvalue weighted by molar-refractivity contribution is -0.422. The summed E-state index contributed by atoms with van der Waals surface area (Å²) in [4.78, 5) is 21.3. The lowest BCUT2D eigenvalue weighted by atomic mass is 10.1. The molecule has 0 spiro atoms. The number of benzene rings is 3. The van der Waals surface area contributed by atoms with Gasteiger partial charge in [-0.25, -0.2) is 0 Å². The van der Waals surface area contributed by atoms with Crippen molar-refractivity contribution in [2.24, 2.45) is 5.10 Å². The van der Waals surface area contributed by atoms with E-state index in [1.165, 1.54) is 17.3 Å². The number of anilines is 2. The molecule has 29 heavy (non-hydrogen) atoms. The van der Waals surface area contributed by atoms with E-state index < -0.39 is 21.2 Å². The molecule has 0 atom stereocenters. The minimum Gasteiger partial charge on any atom is -0.259 e. The van der Waals surface area contributed by atoms with Crippen molar-refractivity contribution in [3.63, 3.8) is 0 Å². The highest BCUT2D eigenvalue weighted by atomic mass is 16.6. The van der Waals surface area contributed by atoms with Gasteiger partial charge in [0.05, 0.1) is 21.2 Å². The van der Waals surface area contributed by atoms with E-state index in [1.807, 2.05) is 60.7 Å². The molecule has 3 aromatic rings. The summed E-state index contributed by atoms with van der Waals surface area (Å²) in [6.07, 6.45) is 0. The Labute approximate surface area is 164 Å². The Balaban J connectivity index is 1.84. The summed E-state index contributed by atoms with van der Waals surface area (Å²) in [7, 11) is 0. The van der Waals surface area contributed by atoms with E-state index in [2.05, 4.69) is 10.5 Å². The van der Waals surface area contributed by atoms with Gasteiger partial charge >= 0.3 is 11.4 Å². The quantitative estimate of drug-likeness (QED) is 0.522. The molecule has 0 radical (unpaired) electrons. The largest absolute Gasteiger partial charge is 0.357 e. The maximum Gasteiger partial charge on any atom is 0.357 e. The molecule has 1 heterocycles. The van der Waals surface area contributed by atoms with Crippen LogP contribution in [-0.4, -0.2) is 15.7 Å². The summed E-state index contributed by atoms with van der Waals surface area (Å²) >= 11 is 0. The number of nitrogens with one attached hydrogen (secondary N) is 1. The zero-order valence-electron chi connectivity index (χ0n) is 14.9. The zero-order valence-corrected chi connectivity index (χ0v) is 14.9. The predicted molar refractivity (Wildman–Crippen MR) is 107 cm³/mol. The van der Waals surface area contributed by atoms with Crippen molar-refractivity contribution in [1.29, 1.82) is 0 Å². The van der Waals surface area contributed by atoms with E-state index in [-0.39, 0.29) is 11.4 Å². The highest BCUT2D eigenvalue weighted by Gasteiger charge is 2.35. The fraction of sp³-hybridized carbons (Fsp3) is 0. The number of hydrazine groups is 2. The number of amidine groups is 1. The van der Waals surface area contributed by atoms with Crippen LogP contribution in [0.25, 0.3) is 0 Å². The number of rotatable bonds is 5. The van der Waals surface area contributed by atoms with Crippen molar-refractivity contribution >= 4 is 28.6 Å². The summed E-state index contributed by atoms with van der Waals surface area (Å²) in [5, 5.41) is 30.5. The number of hydrazone groups is 1. The van der Waals surface area contributed by atoms with Gasteiger partial charge in [-0.1, -0.05) is 42.5 Å². The normalized spacial score (nSPS) is 13.0. The van der Waals surface area contributed by atoms with E-state index in [4.69, 9.17) is 0 Å². The average Bonchev–Trinajstić information content (AvgIpc) is 3.19. The number of para-hydroxylation sites is 3. The van der Waals surface area contributed by atoms with E-state index in [0.29, 0.717) is 5.69 Å². The topological polar surface area (TPSA) is 117 Å². The SMILES string of the molecule is O=[N+]([O-])c1cccc(C2=NN(c3ccccc3)N(c3ccccc3)N2)c1[N+](=O)[O-]. The van der Waals surface area contributed by atoms with Crippen LogP contribution >= 0.6 is 0 Å². The smallest absolute Gasteiger partial charge is 0.259 e. The monoisotopic (exact) mass is 390 g/mol. The minimum atomic E-state index is -0.777. The number of nitro benzene ring substituents is 2. The predicted octanol–water partition coefficient (Wildman–Crippen LogP) is 3.61. The third-order valence-electron chi connectivity index (χ3n) is 4.23. The molecular weight excluding hydrogens is 376 g/mol. The Kier molecular flexibility index (Phi) is 4.49. The Morgan fingerprint density at radius 3 is 1.97 bits per heavy atom. The van der Waals surface area contributed by atoms with Gasteiger partial charge in [0.15, 0.2) is 5.84 Å². The van der Waals surface area contributed by atoms with Crippen LogP contribution in [0.4, 0.5) is 22.7 Å². The highest BCUT2D eigenvalue weighted by Crippen LogP contribution is 2.33. The van der Waals surface area contributed by atoms with E-state index in [9.17, 15) is 20.2 Å². The number of nitrogens with zero attached hydrogens (tertiary/aromatic N) is 5. The summed E-state index contributed by atoms with van der Waals surface area (Å²) in [6, 6.07) is 22.3. The van der Waals surface area contributed by atoms with Crippen LogP contribution in [0.3, 0.4) is 0 Å². The first-order chi connectivity index (χ1) is 14.1. The summed E-state index contributed by atoms with van der Waals surface area (Å²) in [6.45, 7) is 0. The molecule has 1 aliphatic heterocycles. The van der Waals surface area contributed by atoms with Crippen LogP contribution in [0.15, 0.2) is 84.0 Å². The first kappa shape index (κ1) is 17.9. The molecule has 1 aliphatic rings. The molecule has 0 fully saturated rings. The molecule has 0 aromatic heterocycles. The zero-order chi connectivity index (χ0) is 20.4. The van der Waals surface area contributed by atoms with Crippen molar-refractivity contribution in [3.8, 4) is 0 Å². The maximum atomic E-state index is 11.6. The fourth-order valence-electron chi connectivity index (χ4n) is 2.96. The third-order valence-corrected chi connectivity index (χ3v) is 4.23. The molecule has 10 nitrogen and oxygen atoms in total. The van der Waals surface area contributed by atoms with Crippen LogP contribution in [-0.2, 0) is 0 Å². The van der Waals surface area contributed by atoms with Gasteiger partial charge in [-0.3, -0.25) is 25.7 Å². The lowest BCUT2D eigenvalue weighted by Gasteiger charge is -2.27. The van der Waals surface area contributed by atoms with Crippen molar-refractivity contribution < 1.29 is 9.85 Å². The summed E-state index contributed by atoms with van der Waals surface area (Å²) < 4.78 is 0. The van der Waals surface area contributed by atoms with Crippen molar-refractivity contribution in [2.45, 2.75) is 0 Å². The minimum absolute atomic E-state index is 0.0172. The first-order valence-corrected chi connectivity index (χ1v) is 8.54. The second-order valence-electron chi connectivity index (χ2n) is 6.02. The fourth-order valence-corrected chi connectivity index (χ4v) is 2.96. The lowest BCUT2D eigenvalue weighted by Crippen LogP contribution is -2.44. The molecule has 1 N–H and O–H groups in total. The van der Waals surface area contributed by atoms with Crippen LogP contribution in [0.2, 0.25) is 0 Å².